The second-order valence-electron chi connectivity index (χ2n) is 6.71. The molecule has 1 fully saturated rings. The van der Waals surface area contributed by atoms with Crippen LogP contribution in [0, 0.1) is 28.4 Å². The molecule has 1 aromatic rings. The van der Waals surface area contributed by atoms with Crippen molar-refractivity contribution in [1.29, 1.82) is 0 Å². The summed E-state index contributed by atoms with van der Waals surface area (Å²) in [7, 11) is 0. The lowest BCUT2D eigenvalue weighted by molar-refractivity contribution is -0.385. The van der Waals surface area contributed by atoms with Gasteiger partial charge in [-0.05, 0) is 37.2 Å². The highest BCUT2D eigenvalue weighted by Crippen LogP contribution is 2.35. The zero-order valence-corrected chi connectivity index (χ0v) is 12.7. The highest BCUT2D eigenvalue weighted by atomic mass is 16.6. The Kier molecular flexibility index (Phi) is 3.97. The first-order chi connectivity index (χ1) is 9.29. The third kappa shape index (κ3) is 3.08. The van der Waals surface area contributed by atoms with E-state index in [1.54, 1.807) is 6.92 Å². The normalized spacial score (nSPS) is 17.3. The number of hydrogen-bond donors (Lipinski definition) is 0. The molecule has 0 radical (unpaired) electrons. The van der Waals surface area contributed by atoms with Crippen molar-refractivity contribution in [2.24, 2.45) is 11.3 Å². The van der Waals surface area contributed by atoms with Gasteiger partial charge < -0.3 is 4.90 Å². The molecule has 1 aliphatic rings. The molecule has 1 aliphatic heterocycles. The summed E-state index contributed by atoms with van der Waals surface area (Å²) in [5.41, 5.74) is 1.13. The maximum absolute atomic E-state index is 10.8. The van der Waals surface area contributed by atoms with Crippen LogP contribution < -0.4 is 4.90 Å². The molecule has 1 saturated heterocycles. The van der Waals surface area contributed by atoms with E-state index in [2.05, 4.69) is 30.7 Å². The summed E-state index contributed by atoms with van der Waals surface area (Å²) >= 11 is 0. The number of nitro groups is 1. The topological polar surface area (TPSA) is 59.3 Å². The molecule has 0 unspecified atom stereocenters. The fourth-order valence-corrected chi connectivity index (χ4v) is 2.87. The quantitative estimate of drug-likeness (QED) is 0.612. The molecular formula is C15H23N3O2. The number of pyridine rings is 1. The summed E-state index contributed by atoms with van der Waals surface area (Å²) in [5.74, 6) is 1.60. The maximum atomic E-state index is 10.8. The number of rotatable bonds is 2. The third-order valence-electron chi connectivity index (χ3n) is 4.31. The first-order valence-electron chi connectivity index (χ1n) is 7.15. The number of piperidine rings is 1. The SMILES string of the molecule is Cc1cc(N2CCC(C(C)(C)C)CC2)ncc1[N+](=O)[O-]. The highest BCUT2D eigenvalue weighted by molar-refractivity contribution is 5.48. The van der Waals surface area contributed by atoms with Crippen LogP contribution in [-0.4, -0.2) is 23.0 Å². The van der Waals surface area contributed by atoms with Gasteiger partial charge in [0.05, 0.1) is 4.92 Å². The van der Waals surface area contributed by atoms with Crippen molar-refractivity contribution in [1.82, 2.24) is 4.98 Å². The van der Waals surface area contributed by atoms with E-state index in [1.807, 2.05) is 6.07 Å². The number of anilines is 1. The van der Waals surface area contributed by atoms with Gasteiger partial charge in [-0.25, -0.2) is 4.98 Å². The van der Waals surface area contributed by atoms with E-state index in [9.17, 15) is 10.1 Å². The van der Waals surface area contributed by atoms with Crippen molar-refractivity contribution in [2.45, 2.75) is 40.5 Å². The Labute approximate surface area is 120 Å². The molecule has 0 amide bonds. The minimum absolute atomic E-state index is 0.0957. The Morgan fingerprint density at radius 3 is 2.40 bits per heavy atom. The highest BCUT2D eigenvalue weighted by Gasteiger charge is 2.29. The van der Waals surface area contributed by atoms with Crippen LogP contribution in [0.1, 0.15) is 39.2 Å². The van der Waals surface area contributed by atoms with Gasteiger partial charge in [-0.15, -0.1) is 0 Å². The Morgan fingerprint density at radius 2 is 1.95 bits per heavy atom. The van der Waals surface area contributed by atoms with Crippen molar-refractivity contribution in [3.63, 3.8) is 0 Å². The number of hydrogen-bond acceptors (Lipinski definition) is 4. The van der Waals surface area contributed by atoms with Crippen molar-refractivity contribution in [3.8, 4) is 0 Å². The Bertz CT molecular complexity index is 500. The van der Waals surface area contributed by atoms with Crippen molar-refractivity contribution in [3.05, 3.63) is 27.9 Å². The average molecular weight is 277 g/mol. The first kappa shape index (κ1) is 14.8. The van der Waals surface area contributed by atoms with Crippen molar-refractivity contribution in [2.75, 3.05) is 18.0 Å². The molecule has 0 atom stereocenters. The lowest BCUT2D eigenvalue weighted by Crippen LogP contribution is -2.38. The molecule has 0 aliphatic carbocycles. The monoisotopic (exact) mass is 277 g/mol. The molecule has 0 N–H and O–H groups in total. The zero-order valence-electron chi connectivity index (χ0n) is 12.7. The Balaban J connectivity index is 2.08. The van der Waals surface area contributed by atoms with Gasteiger partial charge in [0.15, 0.2) is 0 Å². The summed E-state index contributed by atoms with van der Waals surface area (Å²) in [5, 5.41) is 10.8. The minimum atomic E-state index is -0.377. The number of aryl methyl sites for hydroxylation is 1. The van der Waals surface area contributed by atoms with Crippen LogP contribution >= 0.6 is 0 Å². The molecule has 5 heteroatoms. The standard InChI is InChI=1S/C15H23N3O2/c1-11-9-14(16-10-13(11)18(19)20)17-7-5-12(6-8-17)15(2,3)4/h9-10,12H,5-8H2,1-4H3. The van der Waals surface area contributed by atoms with Crippen LogP contribution in [0.15, 0.2) is 12.3 Å². The minimum Gasteiger partial charge on any atom is -0.357 e. The van der Waals surface area contributed by atoms with Crippen LogP contribution in [0.5, 0.6) is 0 Å². The third-order valence-corrected chi connectivity index (χ3v) is 4.31. The van der Waals surface area contributed by atoms with Gasteiger partial charge in [-0.1, -0.05) is 20.8 Å². The average Bonchev–Trinajstić information content (AvgIpc) is 2.37. The molecule has 2 heterocycles. The lowest BCUT2D eigenvalue weighted by Gasteiger charge is -2.39. The summed E-state index contributed by atoms with van der Waals surface area (Å²) in [6.45, 7) is 10.6. The van der Waals surface area contributed by atoms with E-state index in [1.165, 1.54) is 6.20 Å². The van der Waals surface area contributed by atoms with Crippen LogP contribution in [0.3, 0.4) is 0 Å². The van der Waals surface area contributed by atoms with Crippen LogP contribution in [-0.2, 0) is 0 Å². The molecule has 0 spiro atoms. The van der Waals surface area contributed by atoms with E-state index in [0.717, 1.165) is 37.7 Å². The van der Waals surface area contributed by atoms with Gasteiger partial charge >= 0.3 is 0 Å². The molecule has 5 nitrogen and oxygen atoms in total. The second kappa shape index (κ2) is 5.38. The predicted molar refractivity (Wildman–Crippen MR) is 80.0 cm³/mol. The summed E-state index contributed by atoms with van der Waals surface area (Å²) in [6.07, 6.45) is 3.68. The van der Waals surface area contributed by atoms with E-state index >= 15 is 0 Å². The molecule has 0 saturated carbocycles. The predicted octanol–water partition coefficient (Wildman–Crippen LogP) is 3.56. The van der Waals surface area contributed by atoms with E-state index < -0.39 is 0 Å². The van der Waals surface area contributed by atoms with Crippen LogP contribution in [0.2, 0.25) is 0 Å². The Morgan fingerprint density at radius 1 is 1.35 bits per heavy atom. The molecule has 0 aromatic carbocycles. The molecule has 110 valence electrons. The molecule has 20 heavy (non-hydrogen) atoms. The largest absolute Gasteiger partial charge is 0.357 e. The maximum Gasteiger partial charge on any atom is 0.290 e. The lowest BCUT2D eigenvalue weighted by atomic mass is 9.75. The summed E-state index contributed by atoms with van der Waals surface area (Å²) in [4.78, 5) is 16.9. The van der Waals surface area contributed by atoms with E-state index in [-0.39, 0.29) is 10.6 Å². The van der Waals surface area contributed by atoms with Crippen LogP contribution in [0.4, 0.5) is 11.5 Å². The fourth-order valence-electron chi connectivity index (χ4n) is 2.87. The van der Waals surface area contributed by atoms with Gasteiger partial charge in [0.25, 0.3) is 5.69 Å². The van der Waals surface area contributed by atoms with Gasteiger partial charge in [-0.2, -0.15) is 0 Å². The molecule has 0 bridgehead atoms. The van der Waals surface area contributed by atoms with E-state index in [4.69, 9.17) is 0 Å². The number of nitrogens with zero attached hydrogens (tertiary/aromatic N) is 3. The van der Waals surface area contributed by atoms with Gasteiger partial charge in [0, 0.05) is 18.7 Å². The molecule has 2 rings (SSSR count). The summed E-state index contributed by atoms with van der Waals surface area (Å²) < 4.78 is 0. The summed E-state index contributed by atoms with van der Waals surface area (Å²) in [6, 6.07) is 1.83. The van der Waals surface area contributed by atoms with Gasteiger partial charge in [0.1, 0.15) is 12.0 Å². The molecular weight excluding hydrogens is 254 g/mol. The first-order valence-corrected chi connectivity index (χ1v) is 7.15. The van der Waals surface area contributed by atoms with Gasteiger partial charge in [0.2, 0.25) is 0 Å². The number of aromatic nitrogens is 1. The molecule has 1 aromatic heterocycles. The van der Waals surface area contributed by atoms with Crippen LogP contribution in [0.25, 0.3) is 0 Å². The van der Waals surface area contributed by atoms with Gasteiger partial charge in [-0.3, -0.25) is 10.1 Å². The fraction of sp³-hybridized carbons (Fsp3) is 0.667. The smallest absolute Gasteiger partial charge is 0.290 e. The Hall–Kier alpha value is -1.65. The van der Waals surface area contributed by atoms with Crippen molar-refractivity contribution >= 4 is 11.5 Å². The zero-order chi connectivity index (χ0) is 14.9. The second-order valence-corrected chi connectivity index (χ2v) is 6.71. The van der Waals surface area contributed by atoms with Crippen molar-refractivity contribution < 1.29 is 4.92 Å². The van der Waals surface area contributed by atoms with E-state index in [0.29, 0.717) is 11.0 Å².